The van der Waals surface area contributed by atoms with Crippen LogP contribution in [0.25, 0.3) is 0 Å². The van der Waals surface area contributed by atoms with Crippen molar-refractivity contribution in [3.8, 4) is 0 Å². The Labute approximate surface area is 65.3 Å². The molecule has 0 saturated carbocycles. The topological polar surface area (TPSA) is 9.23 Å². The van der Waals surface area contributed by atoms with Gasteiger partial charge in [-0.15, -0.1) is 0 Å². The highest BCUT2D eigenvalue weighted by Gasteiger charge is 2.91. The molecule has 0 unspecified atom stereocenters. The molecule has 0 aromatic carbocycles. The van der Waals surface area contributed by atoms with Crippen molar-refractivity contribution >= 4 is 0 Å². The first kappa shape index (κ1) is 10.5. The maximum absolute atomic E-state index is 11.9. The van der Waals surface area contributed by atoms with Gasteiger partial charge in [-0.25, -0.2) is 4.74 Å². The predicted octanol–water partition coefficient (Wildman–Crippen LogP) is 2.47. The Bertz CT molecular complexity index is 208. The van der Waals surface area contributed by atoms with Crippen LogP contribution in [-0.4, -0.2) is 24.1 Å². The SMILES string of the molecule is FC1(F)OC(F)(F)C(F)(F)C1(F)F. The molecule has 0 radical (unpaired) electrons. The van der Waals surface area contributed by atoms with Crippen molar-refractivity contribution in [2.45, 2.75) is 24.1 Å². The van der Waals surface area contributed by atoms with E-state index in [4.69, 9.17) is 0 Å². The van der Waals surface area contributed by atoms with Crippen LogP contribution < -0.4 is 0 Å². The summed E-state index contributed by atoms with van der Waals surface area (Å²) in [5.74, 6) is -12.4. The summed E-state index contributed by atoms with van der Waals surface area (Å²) in [6.07, 6.45) is -11.8. The normalized spacial score (nSPS) is 33.2. The smallest absolute Gasteiger partial charge is 0.245 e. The van der Waals surface area contributed by atoms with Crippen LogP contribution in [0, 0.1) is 0 Å². The van der Waals surface area contributed by atoms with Gasteiger partial charge in [0.2, 0.25) is 0 Å². The van der Waals surface area contributed by atoms with Crippen molar-refractivity contribution in [2.24, 2.45) is 0 Å². The van der Waals surface area contributed by atoms with Gasteiger partial charge >= 0.3 is 24.1 Å². The van der Waals surface area contributed by atoms with Gasteiger partial charge in [-0.3, -0.25) is 0 Å². The van der Waals surface area contributed by atoms with E-state index < -0.39 is 24.1 Å². The molecule has 1 aliphatic heterocycles. The Morgan fingerprint density at radius 1 is 0.538 bits per heavy atom. The van der Waals surface area contributed by atoms with Gasteiger partial charge in [0.1, 0.15) is 0 Å². The second kappa shape index (κ2) is 2.07. The first-order valence-corrected chi connectivity index (χ1v) is 2.67. The number of rotatable bonds is 0. The molecule has 1 fully saturated rings. The van der Waals surface area contributed by atoms with E-state index in [1.807, 2.05) is 4.74 Å². The van der Waals surface area contributed by atoms with E-state index in [1.165, 1.54) is 0 Å². The largest absolute Gasteiger partial charge is 0.430 e. The molecule has 0 amide bonds. The zero-order valence-electron chi connectivity index (χ0n) is 5.43. The fourth-order valence-electron chi connectivity index (χ4n) is 0.655. The van der Waals surface area contributed by atoms with E-state index in [2.05, 4.69) is 0 Å². The van der Waals surface area contributed by atoms with Crippen molar-refractivity contribution < 1.29 is 39.9 Å². The molecule has 0 aromatic heterocycles. The molecule has 0 aromatic rings. The van der Waals surface area contributed by atoms with Crippen LogP contribution >= 0.6 is 0 Å². The van der Waals surface area contributed by atoms with Gasteiger partial charge in [0.25, 0.3) is 0 Å². The molecule has 0 N–H and O–H groups in total. The number of hydrogen-bond acceptors (Lipinski definition) is 1. The molecule has 1 saturated heterocycles. The van der Waals surface area contributed by atoms with E-state index in [0.717, 1.165) is 0 Å². The fraction of sp³-hybridized carbons (Fsp3) is 1.00. The minimum Gasteiger partial charge on any atom is -0.245 e. The Morgan fingerprint density at radius 3 is 0.846 bits per heavy atom. The highest BCUT2D eigenvalue weighted by molar-refractivity contribution is 5.03. The van der Waals surface area contributed by atoms with Crippen molar-refractivity contribution in [1.29, 1.82) is 0 Å². The molecule has 78 valence electrons. The van der Waals surface area contributed by atoms with Crippen LogP contribution in [0.5, 0.6) is 0 Å². The molecule has 0 aliphatic carbocycles. The predicted molar refractivity (Wildman–Crippen MR) is 20.9 cm³/mol. The lowest BCUT2D eigenvalue weighted by Gasteiger charge is -2.20. The van der Waals surface area contributed by atoms with E-state index >= 15 is 0 Å². The summed E-state index contributed by atoms with van der Waals surface area (Å²) in [4.78, 5) is 0. The second-order valence-corrected chi connectivity index (χ2v) is 2.28. The van der Waals surface area contributed by atoms with Crippen LogP contribution in [-0.2, 0) is 4.74 Å². The summed E-state index contributed by atoms with van der Waals surface area (Å²) in [7, 11) is 0. The van der Waals surface area contributed by atoms with Gasteiger partial charge in [0.15, 0.2) is 0 Å². The average molecular weight is 216 g/mol. The lowest BCUT2D eigenvalue weighted by Crippen LogP contribution is -2.51. The quantitative estimate of drug-likeness (QED) is 0.565. The highest BCUT2D eigenvalue weighted by atomic mass is 19.4. The third-order valence-corrected chi connectivity index (χ3v) is 1.38. The molecule has 1 aliphatic rings. The van der Waals surface area contributed by atoms with E-state index in [9.17, 15) is 35.1 Å². The molecule has 0 bridgehead atoms. The second-order valence-electron chi connectivity index (χ2n) is 2.28. The van der Waals surface area contributed by atoms with Crippen molar-refractivity contribution in [2.75, 3.05) is 0 Å². The van der Waals surface area contributed by atoms with Crippen LogP contribution in [0.3, 0.4) is 0 Å². The number of hydrogen-bond donors (Lipinski definition) is 0. The van der Waals surface area contributed by atoms with E-state index in [0.29, 0.717) is 0 Å². The van der Waals surface area contributed by atoms with Crippen LogP contribution in [0.2, 0.25) is 0 Å². The summed E-state index contributed by atoms with van der Waals surface area (Å²) >= 11 is 0. The molecule has 9 heteroatoms. The summed E-state index contributed by atoms with van der Waals surface area (Å²) in [6.45, 7) is 0. The minimum atomic E-state index is -6.22. The number of ether oxygens (including phenoxy) is 1. The van der Waals surface area contributed by atoms with Gasteiger partial charge < -0.3 is 0 Å². The summed E-state index contributed by atoms with van der Waals surface area (Å²) in [5.41, 5.74) is 0. The van der Waals surface area contributed by atoms with Crippen molar-refractivity contribution in [1.82, 2.24) is 0 Å². The minimum absolute atomic E-state index is 2.00. The van der Waals surface area contributed by atoms with Crippen LogP contribution in [0.4, 0.5) is 35.1 Å². The monoisotopic (exact) mass is 216 g/mol. The fourth-order valence-corrected chi connectivity index (χ4v) is 0.655. The molecule has 13 heavy (non-hydrogen) atoms. The molecule has 0 atom stereocenters. The third kappa shape index (κ3) is 0.960. The Hall–Kier alpha value is -0.600. The zero-order valence-corrected chi connectivity index (χ0v) is 5.43. The Balaban J connectivity index is 3.24. The molecule has 1 rings (SSSR count). The summed E-state index contributed by atoms with van der Waals surface area (Å²) < 4.78 is 96.7. The zero-order chi connectivity index (χ0) is 10.7. The lowest BCUT2D eigenvalue weighted by molar-refractivity contribution is -0.365. The first-order chi connectivity index (χ1) is 5.46. The molecule has 1 nitrogen and oxygen atoms in total. The van der Waals surface area contributed by atoms with Gasteiger partial charge in [0.05, 0.1) is 0 Å². The molecule has 0 spiro atoms. The van der Waals surface area contributed by atoms with Gasteiger partial charge in [-0.1, -0.05) is 0 Å². The number of halogens is 8. The van der Waals surface area contributed by atoms with Crippen LogP contribution in [0.1, 0.15) is 0 Å². The van der Waals surface area contributed by atoms with Crippen LogP contribution in [0.15, 0.2) is 0 Å². The molecular weight excluding hydrogens is 216 g/mol. The lowest BCUT2D eigenvalue weighted by atomic mass is 10.2. The molecular formula is C4F8O. The maximum Gasteiger partial charge on any atom is 0.430 e. The van der Waals surface area contributed by atoms with Gasteiger partial charge in [-0.2, -0.15) is 35.1 Å². The maximum atomic E-state index is 11.9. The highest BCUT2D eigenvalue weighted by Crippen LogP contribution is 2.60. The number of alkyl halides is 8. The summed E-state index contributed by atoms with van der Waals surface area (Å²) in [6, 6.07) is 0. The molecule has 1 heterocycles. The van der Waals surface area contributed by atoms with E-state index in [-0.39, 0.29) is 0 Å². The summed E-state index contributed by atoms with van der Waals surface area (Å²) in [5, 5.41) is 0. The third-order valence-electron chi connectivity index (χ3n) is 1.38. The van der Waals surface area contributed by atoms with Gasteiger partial charge in [-0.05, 0) is 0 Å². The van der Waals surface area contributed by atoms with Crippen molar-refractivity contribution in [3.05, 3.63) is 0 Å². The first-order valence-electron chi connectivity index (χ1n) is 2.67. The Kier molecular flexibility index (Phi) is 1.67. The van der Waals surface area contributed by atoms with E-state index in [1.54, 1.807) is 0 Å². The average Bonchev–Trinajstić information content (AvgIpc) is 1.88. The Morgan fingerprint density at radius 2 is 0.769 bits per heavy atom. The van der Waals surface area contributed by atoms with Gasteiger partial charge in [0, 0.05) is 0 Å². The standard InChI is InChI=1S/C4F8O/c5-1(6)2(7,8)4(11,12)13-3(1,9)10. The van der Waals surface area contributed by atoms with Crippen molar-refractivity contribution in [3.63, 3.8) is 0 Å².